The minimum Gasteiger partial charge on any atom is -0.399 e. The van der Waals surface area contributed by atoms with E-state index in [1.165, 1.54) is 6.07 Å². The first-order valence-electron chi connectivity index (χ1n) is 6.93. The number of hydrogen-bond acceptors (Lipinski definition) is 2. The van der Waals surface area contributed by atoms with Gasteiger partial charge < -0.3 is 10.6 Å². The van der Waals surface area contributed by atoms with Gasteiger partial charge in [-0.3, -0.25) is 4.79 Å². The number of carbonyl (C=O) groups is 1. The minimum atomic E-state index is -4.40. The van der Waals surface area contributed by atoms with Crippen LogP contribution in [-0.4, -0.2) is 29.6 Å². The molecule has 0 bridgehead atoms. The average molecular weight is 300 g/mol. The summed E-state index contributed by atoms with van der Waals surface area (Å²) in [4.78, 5) is 13.4. The van der Waals surface area contributed by atoms with E-state index in [9.17, 15) is 18.0 Å². The molecule has 0 spiro atoms. The van der Waals surface area contributed by atoms with E-state index in [1.54, 1.807) is 26.0 Å². The van der Waals surface area contributed by atoms with Crippen LogP contribution in [0.2, 0.25) is 0 Å². The number of nitrogens with zero attached hydrogens (tertiary/aromatic N) is 1. The molecule has 2 N–H and O–H groups in total. The zero-order valence-electron chi connectivity index (χ0n) is 12.1. The number of benzene rings is 1. The molecule has 0 aromatic heterocycles. The highest BCUT2D eigenvalue weighted by Gasteiger charge is 2.40. The number of alkyl halides is 3. The van der Waals surface area contributed by atoms with Crippen molar-refractivity contribution in [3.63, 3.8) is 0 Å². The zero-order chi connectivity index (χ0) is 15.8. The summed E-state index contributed by atoms with van der Waals surface area (Å²) in [6.45, 7) is 2.20. The van der Waals surface area contributed by atoms with Crippen LogP contribution in [0, 0.1) is 12.8 Å². The third-order valence-corrected chi connectivity index (χ3v) is 3.92. The zero-order valence-corrected chi connectivity index (χ0v) is 12.1. The lowest BCUT2D eigenvalue weighted by atomic mass is 10.1. The van der Waals surface area contributed by atoms with Crippen molar-refractivity contribution in [1.29, 1.82) is 0 Å². The fourth-order valence-electron chi connectivity index (χ4n) is 2.40. The lowest BCUT2D eigenvalue weighted by molar-refractivity contribution is -0.144. The van der Waals surface area contributed by atoms with Gasteiger partial charge in [-0.15, -0.1) is 0 Å². The predicted octanol–water partition coefficient (Wildman–Crippen LogP) is 3.38. The van der Waals surface area contributed by atoms with Gasteiger partial charge in [0.05, 0.1) is 0 Å². The molecule has 0 heterocycles. The molecule has 1 amide bonds. The fraction of sp³-hybridized carbons (Fsp3) is 0.533. The number of halogens is 3. The van der Waals surface area contributed by atoms with E-state index in [0.717, 1.165) is 17.7 Å². The third kappa shape index (κ3) is 3.89. The second kappa shape index (κ2) is 5.58. The Hall–Kier alpha value is -1.72. The number of nitrogens with two attached hydrogens (primary N) is 1. The highest BCUT2D eigenvalue weighted by atomic mass is 19.4. The van der Waals surface area contributed by atoms with Gasteiger partial charge in [0.2, 0.25) is 0 Å². The number of hydrogen-bond donors (Lipinski definition) is 1. The standard InChI is InChI=1S/C15H19F3N2O/c1-9-7-12(5-6-13(9)19)14(21)20(8-15(16,17)18)10(2)11-3-4-11/h5-7,10-11H,3-4,8,19H2,1-2H3. The van der Waals surface area contributed by atoms with Gasteiger partial charge in [0.25, 0.3) is 5.91 Å². The third-order valence-electron chi connectivity index (χ3n) is 3.92. The summed E-state index contributed by atoms with van der Waals surface area (Å²) < 4.78 is 38.3. The van der Waals surface area contributed by atoms with E-state index in [1.807, 2.05) is 0 Å². The molecule has 1 fully saturated rings. The van der Waals surface area contributed by atoms with Crippen molar-refractivity contribution in [2.24, 2.45) is 5.92 Å². The molecule has 1 unspecified atom stereocenters. The Kier molecular flexibility index (Phi) is 4.16. The summed E-state index contributed by atoms with van der Waals surface area (Å²) in [5.74, 6) is -0.416. The van der Waals surface area contributed by atoms with Gasteiger partial charge in [0.15, 0.2) is 0 Å². The molecule has 2 rings (SSSR count). The molecule has 116 valence electrons. The smallest absolute Gasteiger partial charge is 0.399 e. The molecule has 0 aliphatic heterocycles. The van der Waals surface area contributed by atoms with Gasteiger partial charge in [-0.05, 0) is 56.4 Å². The first-order valence-corrected chi connectivity index (χ1v) is 6.93. The largest absolute Gasteiger partial charge is 0.406 e. The van der Waals surface area contributed by atoms with E-state index in [0.29, 0.717) is 11.3 Å². The van der Waals surface area contributed by atoms with Crippen LogP contribution < -0.4 is 5.73 Å². The van der Waals surface area contributed by atoms with Crippen molar-refractivity contribution < 1.29 is 18.0 Å². The Morgan fingerprint density at radius 2 is 2.05 bits per heavy atom. The van der Waals surface area contributed by atoms with Gasteiger partial charge >= 0.3 is 6.18 Å². The maximum absolute atomic E-state index is 12.8. The van der Waals surface area contributed by atoms with Crippen LogP contribution in [0.25, 0.3) is 0 Å². The normalized spacial score (nSPS) is 16.6. The highest BCUT2D eigenvalue weighted by Crippen LogP contribution is 2.36. The number of nitrogen functional groups attached to an aromatic ring is 1. The summed E-state index contributed by atoms with van der Waals surface area (Å²) in [5, 5.41) is 0. The van der Waals surface area contributed by atoms with Crippen molar-refractivity contribution in [3.05, 3.63) is 29.3 Å². The van der Waals surface area contributed by atoms with E-state index >= 15 is 0 Å². The van der Waals surface area contributed by atoms with Crippen LogP contribution in [0.3, 0.4) is 0 Å². The molecule has 6 heteroatoms. The number of rotatable bonds is 4. The van der Waals surface area contributed by atoms with Crippen molar-refractivity contribution in [1.82, 2.24) is 4.90 Å². The first-order chi connectivity index (χ1) is 9.69. The van der Waals surface area contributed by atoms with Crippen LogP contribution in [0.4, 0.5) is 18.9 Å². The van der Waals surface area contributed by atoms with Crippen molar-refractivity contribution in [2.45, 2.75) is 38.9 Å². The van der Waals surface area contributed by atoms with E-state index in [4.69, 9.17) is 5.73 Å². The van der Waals surface area contributed by atoms with Crippen LogP contribution in [0.15, 0.2) is 18.2 Å². The summed E-state index contributed by atoms with van der Waals surface area (Å²) in [5.41, 5.74) is 7.13. The molecular weight excluding hydrogens is 281 g/mol. The van der Waals surface area contributed by atoms with Crippen LogP contribution in [0.1, 0.15) is 35.7 Å². The number of amides is 1. The SMILES string of the molecule is Cc1cc(C(=O)N(CC(F)(F)F)C(C)C2CC2)ccc1N. The summed E-state index contributed by atoms with van der Waals surface area (Å²) in [6.07, 6.45) is -2.64. The maximum Gasteiger partial charge on any atom is 0.406 e. The molecule has 3 nitrogen and oxygen atoms in total. The second-order valence-electron chi connectivity index (χ2n) is 5.70. The van der Waals surface area contributed by atoms with E-state index in [-0.39, 0.29) is 11.5 Å². The molecule has 1 aromatic carbocycles. The van der Waals surface area contributed by atoms with Crippen LogP contribution in [0.5, 0.6) is 0 Å². The predicted molar refractivity (Wildman–Crippen MR) is 74.9 cm³/mol. The number of aryl methyl sites for hydroxylation is 1. The molecule has 1 atom stereocenters. The molecule has 1 aliphatic rings. The van der Waals surface area contributed by atoms with Crippen LogP contribution in [-0.2, 0) is 0 Å². The Morgan fingerprint density at radius 1 is 1.43 bits per heavy atom. The molecule has 1 aromatic rings. The Bertz CT molecular complexity index is 538. The minimum absolute atomic E-state index is 0.172. The molecule has 0 radical (unpaired) electrons. The van der Waals surface area contributed by atoms with Crippen molar-refractivity contribution in [3.8, 4) is 0 Å². The lowest BCUT2D eigenvalue weighted by Crippen LogP contribution is -2.45. The molecular formula is C15H19F3N2O. The topological polar surface area (TPSA) is 46.3 Å². The Balaban J connectivity index is 2.25. The quantitative estimate of drug-likeness (QED) is 0.866. The summed E-state index contributed by atoms with van der Waals surface area (Å²) >= 11 is 0. The Labute approximate surface area is 121 Å². The van der Waals surface area contributed by atoms with Crippen molar-refractivity contribution >= 4 is 11.6 Å². The number of carbonyl (C=O) groups excluding carboxylic acids is 1. The Morgan fingerprint density at radius 3 is 2.52 bits per heavy atom. The van der Waals surface area contributed by atoms with E-state index < -0.39 is 24.7 Å². The van der Waals surface area contributed by atoms with Crippen LogP contribution >= 0.6 is 0 Å². The second-order valence-corrected chi connectivity index (χ2v) is 5.70. The summed E-state index contributed by atoms with van der Waals surface area (Å²) in [7, 11) is 0. The molecule has 1 aliphatic carbocycles. The molecule has 1 saturated carbocycles. The first kappa shape index (κ1) is 15.7. The highest BCUT2D eigenvalue weighted by molar-refractivity contribution is 5.95. The van der Waals surface area contributed by atoms with Gasteiger partial charge in [0.1, 0.15) is 6.54 Å². The maximum atomic E-state index is 12.8. The van der Waals surface area contributed by atoms with Crippen molar-refractivity contribution in [2.75, 3.05) is 12.3 Å². The fourth-order valence-corrected chi connectivity index (χ4v) is 2.40. The monoisotopic (exact) mass is 300 g/mol. The molecule has 0 saturated heterocycles. The van der Waals surface area contributed by atoms with Gasteiger partial charge in [0, 0.05) is 17.3 Å². The lowest BCUT2D eigenvalue weighted by Gasteiger charge is -2.30. The van der Waals surface area contributed by atoms with Gasteiger partial charge in [-0.1, -0.05) is 0 Å². The van der Waals surface area contributed by atoms with Gasteiger partial charge in [-0.25, -0.2) is 0 Å². The van der Waals surface area contributed by atoms with E-state index in [2.05, 4.69) is 0 Å². The van der Waals surface area contributed by atoms with Gasteiger partial charge in [-0.2, -0.15) is 13.2 Å². The molecule has 21 heavy (non-hydrogen) atoms. The number of anilines is 1. The average Bonchev–Trinajstić information content (AvgIpc) is 3.21. The summed E-state index contributed by atoms with van der Waals surface area (Å²) in [6, 6.07) is 4.17.